The van der Waals surface area contributed by atoms with Gasteiger partial charge in [-0.15, -0.1) is 0 Å². The Balaban J connectivity index is 2.02. The van der Waals surface area contributed by atoms with Crippen molar-refractivity contribution in [1.82, 2.24) is 15.0 Å². The Labute approximate surface area is 121 Å². The summed E-state index contributed by atoms with van der Waals surface area (Å²) >= 11 is 0. The number of ether oxygens (including phenoxy) is 2. The van der Waals surface area contributed by atoms with E-state index in [1.54, 1.807) is 25.3 Å². The van der Waals surface area contributed by atoms with Crippen molar-refractivity contribution in [3.63, 3.8) is 0 Å². The van der Waals surface area contributed by atoms with Crippen molar-refractivity contribution in [3.8, 4) is 0 Å². The van der Waals surface area contributed by atoms with E-state index in [4.69, 9.17) is 20.9 Å². The molecule has 1 heterocycles. The minimum Gasteiger partial charge on any atom is -0.454 e. The first-order valence-corrected chi connectivity index (χ1v) is 6.09. The highest BCUT2D eigenvalue weighted by Crippen LogP contribution is 2.09. The Morgan fingerprint density at radius 3 is 2.52 bits per heavy atom. The van der Waals surface area contributed by atoms with Crippen LogP contribution in [-0.4, -0.2) is 28.0 Å². The van der Waals surface area contributed by atoms with Gasteiger partial charge in [0.05, 0.1) is 12.2 Å². The molecule has 0 radical (unpaired) electrons. The molecule has 8 nitrogen and oxygen atoms in total. The second kappa shape index (κ2) is 6.62. The average molecular weight is 289 g/mol. The lowest BCUT2D eigenvalue weighted by atomic mass is 10.1. The summed E-state index contributed by atoms with van der Waals surface area (Å²) in [5.41, 5.74) is 12.2. The zero-order valence-corrected chi connectivity index (χ0v) is 11.4. The van der Waals surface area contributed by atoms with Gasteiger partial charge in [-0.3, -0.25) is 0 Å². The molecule has 8 heteroatoms. The van der Waals surface area contributed by atoms with Crippen molar-refractivity contribution in [2.24, 2.45) is 0 Å². The summed E-state index contributed by atoms with van der Waals surface area (Å²) in [7, 11) is 1.58. The highest BCUT2D eigenvalue weighted by molar-refractivity contribution is 5.89. The summed E-state index contributed by atoms with van der Waals surface area (Å²) in [5, 5.41) is 0. The fourth-order valence-electron chi connectivity index (χ4n) is 1.69. The van der Waals surface area contributed by atoms with E-state index in [0.29, 0.717) is 12.2 Å². The molecular formula is C13H15N5O3. The number of nitrogen functional groups attached to an aromatic ring is 2. The molecule has 0 spiro atoms. The van der Waals surface area contributed by atoms with E-state index in [2.05, 4.69) is 15.0 Å². The van der Waals surface area contributed by atoms with Crippen LogP contribution >= 0.6 is 0 Å². The molecule has 1 aromatic heterocycles. The number of carbonyl (C=O) groups is 1. The van der Waals surface area contributed by atoms with E-state index < -0.39 is 5.97 Å². The number of methoxy groups -OCH3 is 1. The van der Waals surface area contributed by atoms with Gasteiger partial charge in [-0.1, -0.05) is 12.1 Å². The normalized spacial score (nSPS) is 10.3. The van der Waals surface area contributed by atoms with E-state index in [-0.39, 0.29) is 24.3 Å². The number of aromatic nitrogens is 3. The molecule has 0 aliphatic carbocycles. The summed E-state index contributed by atoms with van der Waals surface area (Å²) in [5.74, 6) is -0.335. The molecule has 0 amide bonds. The molecule has 0 saturated heterocycles. The van der Waals surface area contributed by atoms with Crippen molar-refractivity contribution >= 4 is 17.9 Å². The Kier molecular flexibility index (Phi) is 4.62. The summed E-state index contributed by atoms with van der Waals surface area (Å²) in [6.07, 6.45) is 0. The SMILES string of the molecule is COCc1cccc(C(=O)OCc2nc(N)nc(N)n2)c1. The van der Waals surface area contributed by atoms with Gasteiger partial charge in [0.25, 0.3) is 0 Å². The minimum atomic E-state index is -0.495. The number of nitrogens with zero attached hydrogens (tertiary/aromatic N) is 3. The Morgan fingerprint density at radius 2 is 1.86 bits per heavy atom. The van der Waals surface area contributed by atoms with E-state index in [1.165, 1.54) is 0 Å². The zero-order valence-electron chi connectivity index (χ0n) is 11.4. The van der Waals surface area contributed by atoms with Gasteiger partial charge in [0.2, 0.25) is 11.9 Å². The third-order valence-corrected chi connectivity index (χ3v) is 2.52. The molecule has 110 valence electrons. The van der Waals surface area contributed by atoms with Crippen molar-refractivity contribution in [2.75, 3.05) is 18.6 Å². The van der Waals surface area contributed by atoms with Crippen LogP contribution in [0.3, 0.4) is 0 Å². The first-order valence-electron chi connectivity index (χ1n) is 6.09. The fourth-order valence-corrected chi connectivity index (χ4v) is 1.69. The lowest BCUT2D eigenvalue weighted by molar-refractivity contribution is 0.0462. The van der Waals surface area contributed by atoms with Crippen LogP contribution in [0.25, 0.3) is 0 Å². The standard InChI is InChI=1S/C13H15N5O3/c1-20-6-8-3-2-4-9(5-8)11(19)21-7-10-16-12(14)18-13(15)17-10/h2-5H,6-7H2,1H3,(H4,14,15,16,17,18). The molecule has 0 bridgehead atoms. The van der Waals surface area contributed by atoms with Gasteiger partial charge in [-0.25, -0.2) is 4.79 Å². The molecule has 0 aliphatic heterocycles. The van der Waals surface area contributed by atoms with Crippen LogP contribution in [0.4, 0.5) is 11.9 Å². The summed E-state index contributed by atoms with van der Waals surface area (Å²) in [6, 6.07) is 6.96. The molecule has 1 aromatic carbocycles. The van der Waals surface area contributed by atoms with Gasteiger partial charge in [0.15, 0.2) is 12.4 Å². The topological polar surface area (TPSA) is 126 Å². The maximum Gasteiger partial charge on any atom is 0.338 e. The molecule has 0 unspecified atom stereocenters. The third kappa shape index (κ3) is 4.11. The monoisotopic (exact) mass is 289 g/mol. The van der Waals surface area contributed by atoms with Crippen molar-refractivity contribution < 1.29 is 14.3 Å². The molecule has 0 fully saturated rings. The predicted molar refractivity (Wildman–Crippen MR) is 74.9 cm³/mol. The number of hydrogen-bond donors (Lipinski definition) is 2. The summed E-state index contributed by atoms with van der Waals surface area (Å²) < 4.78 is 10.1. The van der Waals surface area contributed by atoms with Crippen LogP contribution < -0.4 is 11.5 Å². The van der Waals surface area contributed by atoms with Crippen molar-refractivity contribution in [1.29, 1.82) is 0 Å². The van der Waals surface area contributed by atoms with E-state index in [9.17, 15) is 4.79 Å². The first-order chi connectivity index (χ1) is 10.1. The van der Waals surface area contributed by atoms with Crippen molar-refractivity contribution in [2.45, 2.75) is 13.2 Å². The molecule has 4 N–H and O–H groups in total. The summed E-state index contributed by atoms with van der Waals surface area (Å²) in [4.78, 5) is 23.2. The Morgan fingerprint density at radius 1 is 1.14 bits per heavy atom. The number of anilines is 2. The zero-order chi connectivity index (χ0) is 15.2. The van der Waals surface area contributed by atoms with Gasteiger partial charge in [0, 0.05) is 7.11 Å². The number of carbonyl (C=O) groups excluding carboxylic acids is 1. The van der Waals surface area contributed by atoms with Gasteiger partial charge >= 0.3 is 5.97 Å². The third-order valence-electron chi connectivity index (χ3n) is 2.52. The van der Waals surface area contributed by atoms with Gasteiger partial charge in [-0.2, -0.15) is 15.0 Å². The molecule has 0 saturated carbocycles. The van der Waals surface area contributed by atoms with Gasteiger partial charge < -0.3 is 20.9 Å². The van der Waals surface area contributed by atoms with E-state index in [1.807, 2.05) is 6.07 Å². The summed E-state index contributed by atoms with van der Waals surface area (Å²) in [6.45, 7) is 0.284. The lowest BCUT2D eigenvalue weighted by Gasteiger charge is -2.06. The van der Waals surface area contributed by atoms with Crippen molar-refractivity contribution in [3.05, 3.63) is 41.2 Å². The minimum absolute atomic E-state index is 0.0179. The fraction of sp³-hybridized carbons (Fsp3) is 0.231. The molecule has 2 rings (SSSR count). The highest BCUT2D eigenvalue weighted by Gasteiger charge is 2.10. The number of esters is 1. The molecule has 0 aliphatic rings. The number of hydrogen-bond acceptors (Lipinski definition) is 8. The van der Waals surface area contributed by atoms with Crippen LogP contribution in [0.2, 0.25) is 0 Å². The number of rotatable bonds is 5. The van der Waals surface area contributed by atoms with E-state index >= 15 is 0 Å². The molecular weight excluding hydrogens is 274 g/mol. The van der Waals surface area contributed by atoms with E-state index in [0.717, 1.165) is 5.56 Å². The average Bonchev–Trinajstić information content (AvgIpc) is 2.44. The maximum absolute atomic E-state index is 11.9. The van der Waals surface area contributed by atoms with Crippen LogP contribution in [0, 0.1) is 0 Å². The lowest BCUT2D eigenvalue weighted by Crippen LogP contribution is -2.11. The molecule has 0 atom stereocenters. The Hall–Kier alpha value is -2.74. The quantitative estimate of drug-likeness (QED) is 0.763. The number of benzene rings is 1. The van der Waals surface area contributed by atoms with Crippen LogP contribution in [0.15, 0.2) is 24.3 Å². The largest absolute Gasteiger partial charge is 0.454 e. The maximum atomic E-state index is 11.9. The van der Waals surface area contributed by atoms with Crippen LogP contribution in [0.1, 0.15) is 21.7 Å². The smallest absolute Gasteiger partial charge is 0.338 e. The highest BCUT2D eigenvalue weighted by atomic mass is 16.5. The van der Waals surface area contributed by atoms with Gasteiger partial charge in [-0.05, 0) is 17.7 Å². The second-order valence-electron chi connectivity index (χ2n) is 4.18. The van der Waals surface area contributed by atoms with Crippen LogP contribution in [-0.2, 0) is 22.7 Å². The van der Waals surface area contributed by atoms with Gasteiger partial charge in [0.1, 0.15) is 0 Å². The van der Waals surface area contributed by atoms with Crippen LogP contribution in [0.5, 0.6) is 0 Å². The number of nitrogens with two attached hydrogens (primary N) is 2. The molecule has 21 heavy (non-hydrogen) atoms. The molecule has 2 aromatic rings. The second-order valence-corrected chi connectivity index (χ2v) is 4.18. The first kappa shape index (κ1) is 14.7. The Bertz CT molecular complexity index is 627. The predicted octanol–water partition coefficient (Wildman–Crippen LogP) is 0.539.